The van der Waals surface area contributed by atoms with Crippen LogP contribution in [0, 0.1) is 11.8 Å². The molecular formula is C14H17N3O4S. The molecule has 0 unspecified atom stereocenters. The van der Waals surface area contributed by atoms with Crippen LogP contribution in [0.3, 0.4) is 0 Å². The zero-order chi connectivity index (χ0) is 16.8. The molecule has 0 saturated heterocycles. The molecule has 0 aliphatic carbocycles. The normalized spacial score (nSPS) is 10.7. The first kappa shape index (κ1) is 17.7. The first-order chi connectivity index (χ1) is 10.2. The van der Waals surface area contributed by atoms with Crippen LogP contribution in [-0.2, 0) is 14.8 Å². The Bertz CT molecular complexity index is 715. The summed E-state index contributed by atoms with van der Waals surface area (Å²) in [6.07, 6.45) is 1.02. The zero-order valence-electron chi connectivity index (χ0n) is 12.3. The summed E-state index contributed by atoms with van der Waals surface area (Å²) >= 11 is 0. The molecule has 8 heteroatoms. The van der Waals surface area contributed by atoms with Gasteiger partial charge in [0.2, 0.25) is 21.8 Å². The summed E-state index contributed by atoms with van der Waals surface area (Å²) in [6, 6.07) is 6.41. The molecule has 118 valence electrons. The summed E-state index contributed by atoms with van der Waals surface area (Å²) in [5, 5.41) is 2.49. The maximum Gasteiger partial charge on any atom is 0.248 e. The van der Waals surface area contributed by atoms with Crippen molar-refractivity contribution >= 4 is 21.8 Å². The Kier molecular flexibility index (Phi) is 6.10. The lowest BCUT2D eigenvalue weighted by Crippen LogP contribution is -2.37. The molecule has 0 radical (unpaired) electrons. The Labute approximate surface area is 129 Å². The van der Waals surface area contributed by atoms with Crippen LogP contribution < -0.4 is 11.1 Å². The van der Waals surface area contributed by atoms with Crippen molar-refractivity contribution in [2.75, 3.05) is 26.4 Å². The topological polar surface area (TPSA) is 110 Å². The summed E-state index contributed by atoms with van der Waals surface area (Å²) in [4.78, 5) is 22.4. The maximum atomic E-state index is 11.5. The Morgan fingerprint density at radius 1 is 1.27 bits per heavy atom. The Morgan fingerprint density at radius 3 is 2.36 bits per heavy atom. The van der Waals surface area contributed by atoms with Gasteiger partial charge in [-0.15, -0.1) is 0 Å². The third kappa shape index (κ3) is 5.95. The predicted molar refractivity (Wildman–Crippen MR) is 82.3 cm³/mol. The van der Waals surface area contributed by atoms with Crippen LogP contribution in [0.4, 0.5) is 0 Å². The third-order valence-corrected chi connectivity index (χ3v) is 3.97. The van der Waals surface area contributed by atoms with Crippen molar-refractivity contribution in [3.05, 3.63) is 35.4 Å². The van der Waals surface area contributed by atoms with Crippen molar-refractivity contribution in [3.8, 4) is 11.8 Å². The number of hydrogen-bond donors (Lipinski definition) is 2. The quantitative estimate of drug-likeness (QED) is 0.687. The zero-order valence-corrected chi connectivity index (χ0v) is 13.1. The van der Waals surface area contributed by atoms with Crippen LogP contribution in [0.2, 0.25) is 0 Å². The third-order valence-electron chi connectivity index (χ3n) is 2.71. The highest BCUT2D eigenvalue weighted by Crippen LogP contribution is 2.01. The number of carbonyl (C=O) groups excluding carboxylic acids is 2. The van der Waals surface area contributed by atoms with Crippen LogP contribution in [0.1, 0.15) is 15.9 Å². The molecule has 0 aromatic heterocycles. The highest BCUT2D eigenvalue weighted by molar-refractivity contribution is 7.88. The second kappa shape index (κ2) is 7.59. The summed E-state index contributed by atoms with van der Waals surface area (Å²) in [7, 11) is -2.06. The van der Waals surface area contributed by atoms with E-state index in [1.165, 1.54) is 7.05 Å². The van der Waals surface area contributed by atoms with Gasteiger partial charge < -0.3 is 11.1 Å². The number of nitrogens with one attached hydrogen (secondary N) is 1. The van der Waals surface area contributed by atoms with E-state index in [9.17, 15) is 18.0 Å². The van der Waals surface area contributed by atoms with E-state index in [4.69, 9.17) is 5.73 Å². The van der Waals surface area contributed by atoms with Crippen molar-refractivity contribution in [1.82, 2.24) is 9.62 Å². The minimum absolute atomic E-state index is 0.0913. The molecular weight excluding hydrogens is 306 g/mol. The van der Waals surface area contributed by atoms with Crippen molar-refractivity contribution in [2.24, 2.45) is 5.73 Å². The first-order valence-corrected chi connectivity index (χ1v) is 8.11. The molecule has 1 rings (SSSR count). The van der Waals surface area contributed by atoms with Gasteiger partial charge >= 0.3 is 0 Å². The van der Waals surface area contributed by atoms with E-state index in [-0.39, 0.29) is 13.1 Å². The highest BCUT2D eigenvalue weighted by Gasteiger charge is 2.14. The van der Waals surface area contributed by atoms with Gasteiger partial charge in [-0.2, -0.15) is 4.31 Å². The number of benzene rings is 1. The predicted octanol–water partition coefficient (Wildman–Crippen LogP) is -0.855. The summed E-state index contributed by atoms with van der Waals surface area (Å²) in [5.41, 5.74) is 6.18. The molecule has 0 fully saturated rings. The molecule has 0 spiro atoms. The average Bonchev–Trinajstić information content (AvgIpc) is 2.43. The van der Waals surface area contributed by atoms with Gasteiger partial charge in [0.05, 0.1) is 19.3 Å². The minimum Gasteiger partial charge on any atom is -0.366 e. The SMILES string of the molecule is CN(CC(=O)NCC#Cc1ccc(C(N)=O)cc1)S(C)(=O)=O. The first-order valence-electron chi connectivity index (χ1n) is 6.27. The molecule has 3 N–H and O–H groups in total. The molecule has 0 bridgehead atoms. The van der Waals surface area contributed by atoms with Crippen molar-refractivity contribution in [2.45, 2.75) is 0 Å². The van der Waals surface area contributed by atoms with E-state index < -0.39 is 21.8 Å². The Hall–Kier alpha value is -2.37. The van der Waals surface area contributed by atoms with Crippen LogP contribution in [0.5, 0.6) is 0 Å². The summed E-state index contributed by atoms with van der Waals surface area (Å²) < 4.78 is 23.2. The molecule has 0 heterocycles. The number of nitrogens with two attached hydrogens (primary N) is 1. The van der Waals surface area contributed by atoms with Gasteiger partial charge in [-0.05, 0) is 24.3 Å². The van der Waals surface area contributed by atoms with E-state index in [1.54, 1.807) is 24.3 Å². The van der Waals surface area contributed by atoms with Crippen LogP contribution in [0.25, 0.3) is 0 Å². The number of likely N-dealkylation sites (N-methyl/N-ethyl adjacent to an activating group) is 1. The second-order valence-electron chi connectivity index (χ2n) is 4.54. The fourth-order valence-corrected chi connectivity index (χ4v) is 1.73. The van der Waals surface area contributed by atoms with E-state index >= 15 is 0 Å². The van der Waals surface area contributed by atoms with E-state index in [0.29, 0.717) is 11.1 Å². The fraction of sp³-hybridized carbons (Fsp3) is 0.286. The van der Waals surface area contributed by atoms with Crippen LogP contribution in [-0.4, -0.2) is 50.9 Å². The number of primary amides is 1. The fourth-order valence-electron chi connectivity index (χ4n) is 1.38. The van der Waals surface area contributed by atoms with Crippen molar-refractivity contribution < 1.29 is 18.0 Å². The smallest absolute Gasteiger partial charge is 0.248 e. The number of rotatable bonds is 5. The van der Waals surface area contributed by atoms with E-state index in [1.807, 2.05) is 0 Å². The van der Waals surface area contributed by atoms with Crippen molar-refractivity contribution in [1.29, 1.82) is 0 Å². The van der Waals surface area contributed by atoms with Gasteiger partial charge in [-0.1, -0.05) is 11.8 Å². The monoisotopic (exact) mass is 323 g/mol. The number of sulfonamides is 1. The van der Waals surface area contributed by atoms with E-state index in [0.717, 1.165) is 10.6 Å². The largest absolute Gasteiger partial charge is 0.366 e. The lowest BCUT2D eigenvalue weighted by molar-refractivity contribution is -0.120. The number of nitrogens with zero attached hydrogens (tertiary/aromatic N) is 1. The molecule has 0 aliphatic rings. The number of amides is 2. The van der Waals surface area contributed by atoms with Gasteiger partial charge in [-0.3, -0.25) is 9.59 Å². The number of carbonyl (C=O) groups is 2. The van der Waals surface area contributed by atoms with Crippen molar-refractivity contribution in [3.63, 3.8) is 0 Å². The highest BCUT2D eigenvalue weighted by atomic mass is 32.2. The van der Waals surface area contributed by atoms with Crippen LogP contribution in [0.15, 0.2) is 24.3 Å². The van der Waals surface area contributed by atoms with Crippen LogP contribution >= 0.6 is 0 Å². The minimum atomic E-state index is -3.38. The van der Waals surface area contributed by atoms with Gasteiger partial charge in [0.25, 0.3) is 0 Å². The maximum absolute atomic E-state index is 11.5. The molecule has 0 aliphatic heterocycles. The Balaban J connectivity index is 2.48. The summed E-state index contributed by atoms with van der Waals surface area (Å²) in [6.45, 7) is -0.165. The molecule has 2 amide bonds. The molecule has 0 saturated carbocycles. The van der Waals surface area contributed by atoms with Gasteiger partial charge in [0.1, 0.15) is 0 Å². The lowest BCUT2D eigenvalue weighted by atomic mass is 10.1. The average molecular weight is 323 g/mol. The standard InChI is InChI=1S/C14H17N3O4S/c1-17(22(2,20)21)10-13(18)16-9-3-4-11-5-7-12(8-6-11)14(15)19/h5-8H,9-10H2,1-2H3,(H2,15,19)(H,16,18). The summed E-state index contributed by atoms with van der Waals surface area (Å²) in [5.74, 6) is 4.58. The molecule has 0 atom stereocenters. The van der Waals surface area contributed by atoms with Gasteiger partial charge in [-0.25, -0.2) is 8.42 Å². The molecule has 7 nitrogen and oxygen atoms in total. The lowest BCUT2D eigenvalue weighted by Gasteiger charge is -2.12. The Morgan fingerprint density at radius 2 is 1.86 bits per heavy atom. The molecule has 22 heavy (non-hydrogen) atoms. The van der Waals surface area contributed by atoms with Gasteiger partial charge in [0.15, 0.2) is 0 Å². The molecule has 1 aromatic carbocycles. The molecule has 1 aromatic rings. The van der Waals surface area contributed by atoms with E-state index in [2.05, 4.69) is 17.2 Å². The second-order valence-corrected chi connectivity index (χ2v) is 6.63. The number of hydrogen-bond acceptors (Lipinski definition) is 4. The van der Waals surface area contributed by atoms with Gasteiger partial charge in [0, 0.05) is 18.2 Å².